The second-order valence-corrected chi connectivity index (χ2v) is 8.15. The summed E-state index contributed by atoms with van der Waals surface area (Å²) in [6.45, 7) is 2.28. The van der Waals surface area contributed by atoms with E-state index in [-0.39, 0.29) is 12.3 Å². The first-order chi connectivity index (χ1) is 15.6. The number of hydrazone groups is 1. The highest BCUT2D eigenvalue weighted by Gasteiger charge is 2.42. The number of amides is 2. The average molecular weight is 474 g/mol. The zero-order valence-corrected chi connectivity index (χ0v) is 18.2. The molecule has 0 radical (unpaired) electrons. The van der Waals surface area contributed by atoms with Crippen LogP contribution in [0.4, 0.5) is 23.7 Å². The normalized spacial score (nSPS) is 18.1. The van der Waals surface area contributed by atoms with Gasteiger partial charge >= 0.3 is 12.4 Å². The molecule has 9 heteroatoms. The molecular weight excluding hydrogens is 455 g/mol. The van der Waals surface area contributed by atoms with Crippen LogP contribution in [0.15, 0.2) is 84.0 Å². The van der Waals surface area contributed by atoms with Crippen molar-refractivity contribution in [2.75, 3.05) is 11.9 Å². The smallest absolute Gasteiger partial charge is 0.406 e. The molecule has 0 fully saturated rings. The van der Waals surface area contributed by atoms with E-state index in [1.165, 1.54) is 17.1 Å². The van der Waals surface area contributed by atoms with Gasteiger partial charge in [0.05, 0.1) is 17.7 Å². The summed E-state index contributed by atoms with van der Waals surface area (Å²) in [5.74, 6) is -0.374. The fraction of sp³-hybridized carbons (Fsp3) is 0.167. The number of hydrogen-bond donors (Lipinski definition) is 1. The number of benzene rings is 3. The molecule has 1 N–H and O–H groups in total. The summed E-state index contributed by atoms with van der Waals surface area (Å²) >= 11 is 6.04. The van der Waals surface area contributed by atoms with E-state index in [0.29, 0.717) is 16.4 Å². The number of urea groups is 1. The predicted octanol–water partition coefficient (Wildman–Crippen LogP) is 6.45. The van der Waals surface area contributed by atoms with Crippen molar-refractivity contribution in [1.82, 2.24) is 5.01 Å². The van der Waals surface area contributed by atoms with Crippen LogP contribution in [0, 0.1) is 0 Å². The summed E-state index contributed by atoms with van der Waals surface area (Å²) in [6, 6.07) is 21.3. The number of halogens is 4. The van der Waals surface area contributed by atoms with Gasteiger partial charge < -0.3 is 10.1 Å². The molecule has 0 aromatic heterocycles. The monoisotopic (exact) mass is 473 g/mol. The summed E-state index contributed by atoms with van der Waals surface area (Å²) in [7, 11) is 0. The minimum absolute atomic E-state index is 0.274. The Morgan fingerprint density at radius 1 is 1.03 bits per heavy atom. The largest absolute Gasteiger partial charge is 0.573 e. The molecule has 2 amide bonds. The van der Waals surface area contributed by atoms with Gasteiger partial charge in [-0.1, -0.05) is 54.1 Å². The molecule has 1 atom stereocenters. The minimum Gasteiger partial charge on any atom is -0.406 e. The van der Waals surface area contributed by atoms with E-state index in [1.807, 2.05) is 49.4 Å². The Morgan fingerprint density at radius 2 is 1.67 bits per heavy atom. The van der Waals surface area contributed by atoms with Gasteiger partial charge in [0, 0.05) is 10.7 Å². The number of nitrogens with one attached hydrogen (secondary N) is 1. The van der Waals surface area contributed by atoms with Crippen molar-refractivity contribution in [3.63, 3.8) is 0 Å². The molecular formula is C24H19ClF3N3O2. The van der Waals surface area contributed by atoms with Crippen molar-refractivity contribution in [2.24, 2.45) is 5.10 Å². The summed E-state index contributed by atoms with van der Waals surface area (Å²) < 4.78 is 40.9. The molecule has 0 aliphatic carbocycles. The Bertz CT molecular complexity index is 1170. The fourth-order valence-electron chi connectivity index (χ4n) is 3.70. The van der Waals surface area contributed by atoms with E-state index in [4.69, 9.17) is 11.6 Å². The molecule has 1 heterocycles. The maximum atomic E-state index is 13.0. The summed E-state index contributed by atoms with van der Waals surface area (Å²) in [4.78, 5) is 13.0. The van der Waals surface area contributed by atoms with Crippen molar-refractivity contribution in [2.45, 2.75) is 18.7 Å². The Kier molecular flexibility index (Phi) is 6.03. The zero-order chi connectivity index (χ0) is 23.6. The second-order valence-electron chi connectivity index (χ2n) is 7.71. The number of nitrogens with zero attached hydrogens (tertiary/aromatic N) is 2. The average Bonchev–Trinajstić information content (AvgIpc) is 3.14. The van der Waals surface area contributed by atoms with E-state index >= 15 is 0 Å². The molecule has 0 spiro atoms. The van der Waals surface area contributed by atoms with Crippen molar-refractivity contribution in [3.05, 3.63) is 95.0 Å². The minimum atomic E-state index is -4.78. The van der Waals surface area contributed by atoms with Crippen molar-refractivity contribution < 1.29 is 22.7 Å². The number of carbonyl (C=O) groups excluding carboxylic acids is 1. The molecule has 4 rings (SSSR count). The third kappa shape index (κ3) is 5.12. The Morgan fingerprint density at radius 3 is 2.27 bits per heavy atom. The van der Waals surface area contributed by atoms with Crippen molar-refractivity contribution in [1.29, 1.82) is 0 Å². The number of alkyl halides is 3. The molecule has 1 aliphatic heterocycles. The van der Waals surface area contributed by atoms with Gasteiger partial charge in [-0.15, -0.1) is 13.2 Å². The SMILES string of the molecule is CC1(c2ccccc2)CN(C(=O)Nc2ccc(OC(F)(F)F)cc2)N=C1c1ccc(Cl)cc1. The lowest BCUT2D eigenvalue weighted by Crippen LogP contribution is -2.38. The molecule has 5 nitrogen and oxygen atoms in total. The lowest BCUT2D eigenvalue weighted by Gasteiger charge is -2.27. The predicted molar refractivity (Wildman–Crippen MR) is 121 cm³/mol. The van der Waals surface area contributed by atoms with Gasteiger partial charge in [-0.05, 0) is 54.4 Å². The van der Waals surface area contributed by atoms with Crippen molar-refractivity contribution >= 4 is 29.0 Å². The fourth-order valence-corrected chi connectivity index (χ4v) is 3.83. The Balaban J connectivity index is 1.58. The quantitative estimate of drug-likeness (QED) is 0.473. The third-order valence-electron chi connectivity index (χ3n) is 5.31. The van der Waals surface area contributed by atoms with Crippen LogP contribution in [0.5, 0.6) is 5.75 Å². The Labute approximate surface area is 193 Å². The molecule has 170 valence electrons. The molecule has 3 aromatic rings. The van der Waals surface area contributed by atoms with Crippen molar-refractivity contribution in [3.8, 4) is 5.75 Å². The van der Waals surface area contributed by atoms with Gasteiger partial charge in [0.25, 0.3) is 0 Å². The van der Waals surface area contributed by atoms with Gasteiger partial charge in [-0.25, -0.2) is 9.80 Å². The van der Waals surface area contributed by atoms with Crippen LogP contribution >= 0.6 is 11.6 Å². The molecule has 0 bridgehead atoms. The zero-order valence-electron chi connectivity index (χ0n) is 17.4. The van der Waals surface area contributed by atoms with Crippen LogP contribution < -0.4 is 10.1 Å². The van der Waals surface area contributed by atoms with Crippen LogP contribution in [0.25, 0.3) is 0 Å². The second kappa shape index (κ2) is 8.78. The van der Waals surface area contributed by atoms with E-state index in [9.17, 15) is 18.0 Å². The highest BCUT2D eigenvalue weighted by atomic mass is 35.5. The summed E-state index contributed by atoms with van der Waals surface area (Å²) in [5, 5.41) is 9.17. The molecule has 0 saturated carbocycles. The maximum absolute atomic E-state index is 13.0. The number of hydrogen-bond acceptors (Lipinski definition) is 3. The first-order valence-corrected chi connectivity index (χ1v) is 10.4. The first-order valence-electron chi connectivity index (χ1n) is 9.99. The summed E-state index contributed by atoms with van der Waals surface area (Å²) in [6.07, 6.45) is -4.78. The lowest BCUT2D eigenvalue weighted by molar-refractivity contribution is -0.274. The molecule has 1 unspecified atom stereocenters. The van der Waals surface area contributed by atoms with E-state index in [1.54, 1.807) is 12.1 Å². The molecule has 33 heavy (non-hydrogen) atoms. The highest BCUT2D eigenvalue weighted by molar-refractivity contribution is 6.30. The van der Waals surface area contributed by atoms with Crippen LogP contribution in [0.1, 0.15) is 18.1 Å². The molecule has 3 aromatic carbocycles. The lowest BCUT2D eigenvalue weighted by atomic mass is 9.76. The van der Waals surface area contributed by atoms with Crippen LogP contribution in [-0.4, -0.2) is 29.7 Å². The maximum Gasteiger partial charge on any atom is 0.573 e. The van der Waals surface area contributed by atoms with Crippen LogP contribution in [0.3, 0.4) is 0 Å². The van der Waals surface area contributed by atoms with E-state index < -0.39 is 17.8 Å². The third-order valence-corrected chi connectivity index (χ3v) is 5.56. The first kappa shape index (κ1) is 22.7. The van der Waals surface area contributed by atoms with Gasteiger partial charge in [0.1, 0.15) is 5.75 Å². The van der Waals surface area contributed by atoms with Gasteiger partial charge in [-0.2, -0.15) is 5.10 Å². The van der Waals surface area contributed by atoms with Crippen LogP contribution in [0.2, 0.25) is 5.02 Å². The molecule has 1 aliphatic rings. The topological polar surface area (TPSA) is 53.9 Å². The molecule has 0 saturated heterocycles. The van der Waals surface area contributed by atoms with Crippen LogP contribution in [-0.2, 0) is 5.41 Å². The van der Waals surface area contributed by atoms with Gasteiger partial charge in [0.15, 0.2) is 0 Å². The Hall–Kier alpha value is -3.52. The van der Waals surface area contributed by atoms with Gasteiger partial charge in [-0.3, -0.25) is 0 Å². The number of anilines is 1. The summed E-state index contributed by atoms with van der Waals surface area (Å²) in [5.41, 5.74) is 2.24. The van der Waals surface area contributed by atoms with E-state index in [0.717, 1.165) is 23.3 Å². The highest BCUT2D eigenvalue weighted by Crippen LogP contribution is 2.35. The number of ether oxygens (including phenoxy) is 1. The number of carbonyl (C=O) groups is 1. The van der Waals surface area contributed by atoms with E-state index in [2.05, 4.69) is 15.2 Å². The standard InChI is InChI=1S/C24H19ClF3N3O2/c1-23(17-5-3-2-4-6-17)15-31(30-21(23)16-7-9-18(25)10-8-16)22(32)29-19-11-13-20(14-12-19)33-24(26,27)28/h2-14H,15H2,1H3,(H,29,32). The number of rotatable bonds is 4. The van der Waals surface area contributed by atoms with Gasteiger partial charge in [0.2, 0.25) is 0 Å².